The minimum atomic E-state index is -0.656. The number of primary amides is 1. The van der Waals surface area contributed by atoms with E-state index >= 15 is 0 Å². The van der Waals surface area contributed by atoms with E-state index in [1.807, 2.05) is 67.6 Å². The van der Waals surface area contributed by atoms with Gasteiger partial charge in [0.15, 0.2) is 0 Å². The predicted octanol–water partition coefficient (Wildman–Crippen LogP) is 4.33. The van der Waals surface area contributed by atoms with E-state index in [1.54, 1.807) is 0 Å². The summed E-state index contributed by atoms with van der Waals surface area (Å²) >= 11 is 0. The zero-order chi connectivity index (χ0) is 20.6. The van der Waals surface area contributed by atoms with Crippen LogP contribution in [-0.4, -0.2) is 11.9 Å². The first-order valence-corrected chi connectivity index (χ1v) is 9.58. The van der Waals surface area contributed by atoms with Crippen LogP contribution in [0.1, 0.15) is 36.6 Å². The second-order valence-corrected chi connectivity index (χ2v) is 6.95. The summed E-state index contributed by atoms with van der Waals surface area (Å²) in [4.78, 5) is 23.9. The van der Waals surface area contributed by atoms with Crippen molar-refractivity contribution in [3.8, 4) is 11.1 Å². The summed E-state index contributed by atoms with van der Waals surface area (Å²) in [7, 11) is 0. The molecule has 0 aliphatic rings. The van der Waals surface area contributed by atoms with E-state index < -0.39 is 12.1 Å². The third-order valence-corrected chi connectivity index (χ3v) is 4.80. The standard InChI is InChI=1S/C24H25N3O2/c1-17(18-12-14-20(15-13-18)19-8-4-2-5-9-19)26-23(28)16-22(27-24(25)29)21-10-6-3-7-11-21/h2-15,17,22H,16H2,1H3,(H,26,28)(H3,25,27,29). The lowest BCUT2D eigenvalue weighted by atomic mass is 10.0. The lowest BCUT2D eigenvalue weighted by molar-refractivity contribution is -0.122. The minimum Gasteiger partial charge on any atom is -0.352 e. The number of benzene rings is 3. The molecule has 0 saturated carbocycles. The minimum absolute atomic E-state index is 0.111. The average Bonchev–Trinajstić information content (AvgIpc) is 2.74. The quantitative estimate of drug-likeness (QED) is 0.564. The highest BCUT2D eigenvalue weighted by Crippen LogP contribution is 2.22. The van der Waals surface area contributed by atoms with E-state index in [4.69, 9.17) is 5.73 Å². The third kappa shape index (κ3) is 5.69. The van der Waals surface area contributed by atoms with Gasteiger partial charge in [-0.05, 0) is 29.2 Å². The van der Waals surface area contributed by atoms with E-state index in [0.29, 0.717) is 0 Å². The van der Waals surface area contributed by atoms with Crippen molar-refractivity contribution in [2.45, 2.75) is 25.4 Å². The van der Waals surface area contributed by atoms with Crippen molar-refractivity contribution in [1.82, 2.24) is 10.6 Å². The number of rotatable bonds is 7. The number of carbonyl (C=O) groups excluding carboxylic acids is 2. The molecule has 5 nitrogen and oxygen atoms in total. The molecule has 0 heterocycles. The molecule has 2 unspecified atom stereocenters. The van der Waals surface area contributed by atoms with Crippen molar-refractivity contribution in [2.24, 2.45) is 5.73 Å². The van der Waals surface area contributed by atoms with Crippen LogP contribution in [0.15, 0.2) is 84.9 Å². The Hall–Kier alpha value is -3.60. The van der Waals surface area contributed by atoms with Crippen molar-refractivity contribution in [2.75, 3.05) is 0 Å². The van der Waals surface area contributed by atoms with Crippen LogP contribution in [0.25, 0.3) is 11.1 Å². The van der Waals surface area contributed by atoms with Gasteiger partial charge in [-0.2, -0.15) is 0 Å². The summed E-state index contributed by atoms with van der Waals surface area (Å²) in [6.45, 7) is 1.94. The van der Waals surface area contributed by atoms with E-state index in [1.165, 1.54) is 0 Å². The molecule has 5 heteroatoms. The van der Waals surface area contributed by atoms with Crippen LogP contribution in [0.4, 0.5) is 4.79 Å². The van der Waals surface area contributed by atoms with Gasteiger partial charge in [0.25, 0.3) is 0 Å². The highest BCUT2D eigenvalue weighted by Gasteiger charge is 2.19. The summed E-state index contributed by atoms with van der Waals surface area (Å²) in [6, 6.07) is 26.3. The Morgan fingerprint density at radius 1 is 0.759 bits per heavy atom. The molecule has 0 aromatic heterocycles. The van der Waals surface area contributed by atoms with Crippen LogP contribution in [0.5, 0.6) is 0 Å². The van der Waals surface area contributed by atoms with Gasteiger partial charge >= 0.3 is 6.03 Å². The predicted molar refractivity (Wildman–Crippen MR) is 115 cm³/mol. The average molecular weight is 387 g/mol. The van der Waals surface area contributed by atoms with Gasteiger partial charge in [-0.3, -0.25) is 4.79 Å². The van der Waals surface area contributed by atoms with Gasteiger partial charge in [0.05, 0.1) is 18.5 Å². The fourth-order valence-electron chi connectivity index (χ4n) is 3.27. The molecule has 3 aromatic carbocycles. The summed E-state index contributed by atoms with van der Waals surface area (Å²) < 4.78 is 0. The Bertz CT molecular complexity index is 941. The smallest absolute Gasteiger partial charge is 0.312 e. The fraction of sp³-hybridized carbons (Fsp3) is 0.167. The van der Waals surface area contributed by atoms with Crippen LogP contribution in [0.3, 0.4) is 0 Å². The van der Waals surface area contributed by atoms with Crippen molar-refractivity contribution in [3.05, 3.63) is 96.1 Å². The largest absolute Gasteiger partial charge is 0.352 e. The molecule has 0 bridgehead atoms. The van der Waals surface area contributed by atoms with Crippen molar-refractivity contribution < 1.29 is 9.59 Å². The zero-order valence-electron chi connectivity index (χ0n) is 16.3. The van der Waals surface area contributed by atoms with E-state index in [0.717, 1.165) is 22.3 Å². The molecule has 0 aliphatic heterocycles. The van der Waals surface area contributed by atoms with Crippen LogP contribution < -0.4 is 16.4 Å². The number of nitrogens with one attached hydrogen (secondary N) is 2. The summed E-state index contributed by atoms with van der Waals surface area (Å²) in [5.74, 6) is -0.160. The molecule has 0 aliphatic carbocycles. The van der Waals surface area contributed by atoms with Crippen molar-refractivity contribution in [1.29, 1.82) is 0 Å². The molecule has 0 saturated heterocycles. The van der Waals surface area contributed by atoms with Crippen LogP contribution >= 0.6 is 0 Å². The maximum Gasteiger partial charge on any atom is 0.312 e. The summed E-state index contributed by atoms with van der Waals surface area (Å²) in [6.07, 6.45) is 0.111. The van der Waals surface area contributed by atoms with Crippen LogP contribution in [0, 0.1) is 0 Å². The van der Waals surface area contributed by atoms with Crippen molar-refractivity contribution >= 4 is 11.9 Å². The Morgan fingerprint density at radius 3 is 1.90 bits per heavy atom. The van der Waals surface area contributed by atoms with E-state index in [-0.39, 0.29) is 18.4 Å². The van der Waals surface area contributed by atoms with E-state index in [2.05, 4.69) is 34.9 Å². The molecule has 0 spiro atoms. The molecule has 3 rings (SSSR count). The van der Waals surface area contributed by atoms with Gasteiger partial charge in [0, 0.05) is 0 Å². The highest BCUT2D eigenvalue weighted by molar-refractivity contribution is 5.79. The number of carbonyl (C=O) groups is 2. The molecule has 3 amide bonds. The summed E-state index contributed by atoms with van der Waals surface area (Å²) in [5.41, 5.74) is 9.40. The van der Waals surface area contributed by atoms with Gasteiger partial charge in [-0.25, -0.2) is 4.79 Å². The van der Waals surface area contributed by atoms with E-state index in [9.17, 15) is 9.59 Å². The number of urea groups is 1. The number of hydrogen-bond donors (Lipinski definition) is 3. The lowest BCUT2D eigenvalue weighted by Gasteiger charge is -2.20. The highest BCUT2D eigenvalue weighted by atomic mass is 16.2. The van der Waals surface area contributed by atoms with Gasteiger partial charge in [-0.15, -0.1) is 0 Å². The first-order valence-electron chi connectivity index (χ1n) is 9.58. The van der Waals surface area contributed by atoms with Crippen molar-refractivity contribution in [3.63, 3.8) is 0 Å². The Kier molecular flexibility index (Phi) is 6.63. The third-order valence-electron chi connectivity index (χ3n) is 4.80. The number of hydrogen-bond acceptors (Lipinski definition) is 2. The zero-order valence-corrected chi connectivity index (χ0v) is 16.3. The molecule has 0 radical (unpaired) electrons. The van der Waals surface area contributed by atoms with Gasteiger partial charge < -0.3 is 16.4 Å². The monoisotopic (exact) mass is 387 g/mol. The molecule has 3 aromatic rings. The molecule has 2 atom stereocenters. The van der Waals surface area contributed by atoms with Crippen LogP contribution in [-0.2, 0) is 4.79 Å². The molecule has 29 heavy (non-hydrogen) atoms. The number of nitrogens with two attached hydrogens (primary N) is 1. The molecule has 0 fully saturated rings. The SMILES string of the molecule is CC(NC(=O)CC(NC(N)=O)c1ccccc1)c1ccc(-c2ccccc2)cc1. The Balaban J connectivity index is 1.64. The second-order valence-electron chi connectivity index (χ2n) is 6.95. The Morgan fingerprint density at radius 2 is 1.31 bits per heavy atom. The second kappa shape index (κ2) is 9.55. The van der Waals surface area contributed by atoms with Gasteiger partial charge in [-0.1, -0.05) is 84.9 Å². The van der Waals surface area contributed by atoms with Gasteiger partial charge in [0.2, 0.25) is 5.91 Å². The lowest BCUT2D eigenvalue weighted by Crippen LogP contribution is -2.37. The normalized spacial score (nSPS) is 12.6. The first-order chi connectivity index (χ1) is 14.0. The Labute approximate surface area is 170 Å². The maximum absolute atomic E-state index is 12.6. The fourth-order valence-corrected chi connectivity index (χ4v) is 3.27. The maximum atomic E-state index is 12.6. The summed E-state index contributed by atoms with van der Waals surface area (Å²) in [5, 5.41) is 5.64. The topological polar surface area (TPSA) is 84.2 Å². The van der Waals surface area contributed by atoms with Crippen LogP contribution in [0.2, 0.25) is 0 Å². The molecule has 148 valence electrons. The molecule has 4 N–H and O–H groups in total. The van der Waals surface area contributed by atoms with Gasteiger partial charge in [0.1, 0.15) is 0 Å². The molecular formula is C24H25N3O2. The first kappa shape index (κ1) is 20.1. The molecular weight excluding hydrogens is 362 g/mol. The number of amides is 3.